The highest BCUT2D eigenvalue weighted by molar-refractivity contribution is 7.99. The molecule has 1 fully saturated rings. The molecule has 6 heteroatoms. The van der Waals surface area contributed by atoms with E-state index in [4.69, 9.17) is 0 Å². The lowest BCUT2D eigenvalue weighted by Gasteiger charge is -2.23. The minimum Gasteiger partial charge on any atom is -0.369 e. The topological polar surface area (TPSA) is 54.2 Å². The van der Waals surface area contributed by atoms with E-state index in [0.29, 0.717) is 6.04 Å². The first-order valence-electron chi connectivity index (χ1n) is 6.78. The molecule has 5 nitrogen and oxygen atoms in total. The predicted molar refractivity (Wildman–Crippen MR) is 81.1 cm³/mol. The quantitative estimate of drug-likeness (QED) is 0.899. The number of imidazole rings is 1. The number of aromatic nitrogens is 3. The zero-order valence-corrected chi connectivity index (χ0v) is 11.9. The van der Waals surface area contributed by atoms with Gasteiger partial charge in [-0.2, -0.15) is 11.8 Å². The maximum Gasteiger partial charge on any atom is 0.180 e. The van der Waals surface area contributed by atoms with Crippen molar-refractivity contribution in [2.75, 3.05) is 28.7 Å². The molecule has 0 bridgehead atoms. The van der Waals surface area contributed by atoms with E-state index in [1.54, 1.807) is 0 Å². The van der Waals surface area contributed by atoms with Gasteiger partial charge in [0.05, 0.1) is 6.20 Å². The summed E-state index contributed by atoms with van der Waals surface area (Å²) >= 11 is 2.01. The van der Waals surface area contributed by atoms with Crippen LogP contribution in [0.3, 0.4) is 0 Å². The summed E-state index contributed by atoms with van der Waals surface area (Å²) in [6, 6.07) is 0.503. The second-order valence-electron chi connectivity index (χ2n) is 4.72. The third kappa shape index (κ3) is 2.78. The monoisotopic (exact) mass is 277 g/mol. The minimum atomic E-state index is 0.503. The molecule has 0 saturated carbocycles. The number of fused-ring (bicyclic) bond motifs is 1. The molecule has 0 radical (unpaired) electrons. The molecule has 1 aliphatic rings. The Labute approximate surface area is 117 Å². The Morgan fingerprint density at radius 2 is 2.47 bits per heavy atom. The average Bonchev–Trinajstić information content (AvgIpc) is 2.89. The fourth-order valence-electron chi connectivity index (χ4n) is 2.34. The second-order valence-corrected chi connectivity index (χ2v) is 5.87. The molecule has 102 valence electrons. The molecule has 1 atom stereocenters. The van der Waals surface area contributed by atoms with Gasteiger partial charge in [-0.25, -0.2) is 9.97 Å². The van der Waals surface area contributed by atoms with Gasteiger partial charge in [0.25, 0.3) is 0 Å². The molecule has 2 aromatic heterocycles. The van der Waals surface area contributed by atoms with Crippen LogP contribution in [0.5, 0.6) is 0 Å². The van der Waals surface area contributed by atoms with Crippen molar-refractivity contribution < 1.29 is 0 Å². The molecule has 19 heavy (non-hydrogen) atoms. The summed E-state index contributed by atoms with van der Waals surface area (Å²) in [7, 11) is 0. The maximum atomic E-state index is 4.64. The van der Waals surface area contributed by atoms with Crippen LogP contribution in [-0.2, 0) is 0 Å². The van der Waals surface area contributed by atoms with Crippen LogP contribution in [0.2, 0.25) is 0 Å². The standard InChI is InChI=1S/C13H19N5S/c1-2-14-11-8-18-6-5-15-13(18)12(17-11)16-10-4-3-7-19-9-10/h5-6,8,10,14H,2-4,7,9H2,1H3,(H,16,17). The van der Waals surface area contributed by atoms with Crippen molar-refractivity contribution in [3.8, 4) is 0 Å². The van der Waals surface area contributed by atoms with Crippen molar-refractivity contribution in [1.29, 1.82) is 0 Å². The smallest absolute Gasteiger partial charge is 0.180 e. The van der Waals surface area contributed by atoms with Gasteiger partial charge in [-0.15, -0.1) is 0 Å². The van der Waals surface area contributed by atoms with E-state index >= 15 is 0 Å². The minimum absolute atomic E-state index is 0.503. The Hall–Kier alpha value is -1.43. The van der Waals surface area contributed by atoms with E-state index in [0.717, 1.165) is 29.6 Å². The summed E-state index contributed by atoms with van der Waals surface area (Å²) in [4.78, 5) is 9.03. The molecule has 1 aliphatic heterocycles. The highest BCUT2D eigenvalue weighted by Crippen LogP contribution is 2.23. The Morgan fingerprint density at radius 1 is 1.53 bits per heavy atom. The van der Waals surface area contributed by atoms with Crippen LogP contribution in [0.4, 0.5) is 11.6 Å². The van der Waals surface area contributed by atoms with E-state index in [1.165, 1.54) is 18.6 Å². The Balaban J connectivity index is 1.88. The molecule has 3 rings (SSSR count). The van der Waals surface area contributed by atoms with Gasteiger partial charge in [-0.3, -0.25) is 0 Å². The van der Waals surface area contributed by atoms with E-state index < -0.39 is 0 Å². The van der Waals surface area contributed by atoms with Crippen molar-refractivity contribution in [2.45, 2.75) is 25.8 Å². The van der Waals surface area contributed by atoms with Gasteiger partial charge >= 0.3 is 0 Å². The summed E-state index contributed by atoms with van der Waals surface area (Å²) in [6.45, 7) is 2.94. The Morgan fingerprint density at radius 3 is 3.26 bits per heavy atom. The number of hydrogen-bond donors (Lipinski definition) is 2. The van der Waals surface area contributed by atoms with E-state index in [2.05, 4.69) is 27.5 Å². The lowest BCUT2D eigenvalue weighted by atomic mass is 10.2. The van der Waals surface area contributed by atoms with Crippen LogP contribution < -0.4 is 10.6 Å². The van der Waals surface area contributed by atoms with Crippen molar-refractivity contribution in [3.63, 3.8) is 0 Å². The summed E-state index contributed by atoms with van der Waals surface area (Å²) in [5, 5.41) is 6.82. The molecule has 0 amide bonds. The van der Waals surface area contributed by atoms with Gasteiger partial charge < -0.3 is 15.0 Å². The molecular weight excluding hydrogens is 258 g/mol. The molecule has 0 aliphatic carbocycles. The third-order valence-corrected chi connectivity index (χ3v) is 4.45. The number of rotatable bonds is 4. The lowest BCUT2D eigenvalue weighted by Crippen LogP contribution is -2.26. The first kappa shape index (κ1) is 12.6. The van der Waals surface area contributed by atoms with Crippen LogP contribution >= 0.6 is 11.8 Å². The largest absolute Gasteiger partial charge is 0.369 e. The normalized spacial score (nSPS) is 19.5. The fraction of sp³-hybridized carbons (Fsp3) is 0.538. The molecule has 0 aromatic carbocycles. The molecule has 3 heterocycles. The number of anilines is 2. The molecule has 2 N–H and O–H groups in total. The van der Waals surface area contributed by atoms with Gasteiger partial charge in [0, 0.05) is 30.7 Å². The zero-order valence-electron chi connectivity index (χ0n) is 11.1. The Kier molecular flexibility index (Phi) is 3.77. The Bertz CT molecular complexity index is 547. The van der Waals surface area contributed by atoms with Crippen molar-refractivity contribution in [1.82, 2.24) is 14.4 Å². The van der Waals surface area contributed by atoms with Crippen LogP contribution in [-0.4, -0.2) is 38.5 Å². The van der Waals surface area contributed by atoms with Gasteiger partial charge in [0.1, 0.15) is 5.82 Å². The molecule has 1 saturated heterocycles. The van der Waals surface area contributed by atoms with Crippen molar-refractivity contribution in [2.24, 2.45) is 0 Å². The summed E-state index contributed by atoms with van der Waals surface area (Å²) in [5.41, 5.74) is 0.900. The SMILES string of the molecule is CCNc1cn2ccnc2c(NC2CCCSC2)n1. The maximum absolute atomic E-state index is 4.64. The molecule has 0 spiro atoms. The van der Waals surface area contributed by atoms with Gasteiger partial charge in [-0.1, -0.05) is 0 Å². The number of nitrogens with one attached hydrogen (secondary N) is 2. The van der Waals surface area contributed by atoms with Crippen LogP contribution in [0.25, 0.3) is 5.65 Å². The highest BCUT2D eigenvalue weighted by Gasteiger charge is 2.16. The van der Waals surface area contributed by atoms with Crippen LogP contribution in [0.1, 0.15) is 19.8 Å². The summed E-state index contributed by atoms with van der Waals surface area (Å²) in [6.07, 6.45) is 8.24. The third-order valence-electron chi connectivity index (χ3n) is 3.23. The van der Waals surface area contributed by atoms with Crippen LogP contribution in [0.15, 0.2) is 18.6 Å². The number of nitrogens with zero attached hydrogens (tertiary/aromatic N) is 3. The van der Waals surface area contributed by atoms with E-state index in [9.17, 15) is 0 Å². The van der Waals surface area contributed by atoms with Gasteiger partial charge in [0.15, 0.2) is 11.5 Å². The first-order valence-corrected chi connectivity index (χ1v) is 7.94. The summed E-state index contributed by atoms with van der Waals surface area (Å²) in [5.74, 6) is 4.21. The van der Waals surface area contributed by atoms with E-state index in [-0.39, 0.29) is 0 Å². The van der Waals surface area contributed by atoms with Crippen LogP contribution in [0, 0.1) is 0 Å². The number of hydrogen-bond acceptors (Lipinski definition) is 5. The zero-order chi connectivity index (χ0) is 13.1. The van der Waals surface area contributed by atoms with Crippen molar-refractivity contribution in [3.05, 3.63) is 18.6 Å². The molecule has 1 unspecified atom stereocenters. The van der Waals surface area contributed by atoms with E-state index in [1.807, 2.05) is 34.8 Å². The second kappa shape index (κ2) is 5.69. The molecular formula is C13H19N5S. The number of thioether (sulfide) groups is 1. The fourth-order valence-corrected chi connectivity index (χ4v) is 3.41. The lowest BCUT2D eigenvalue weighted by molar-refractivity contribution is 0.682. The first-order chi connectivity index (χ1) is 9.36. The predicted octanol–water partition coefficient (Wildman–Crippen LogP) is 2.47. The highest BCUT2D eigenvalue weighted by atomic mass is 32.2. The summed E-state index contributed by atoms with van der Waals surface area (Å²) < 4.78 is 2.02. The average molecular weight is 277 g/mol. The van der Waals surface area contributed by atoms with Gasteiger partial charge in [0.2, 0.25) is 0 Å². The molecule has 2 aromatic rings. The van der Waals surface area contributed by atoms with Crippen molar-refractivity contribution >= 4 is 29.0 Å². The van der Waals surface area contributed by atoms with Gasteiger partial charge in [-0.05, 0) is 25.5 Å².